The van der Waals surface area contributed by atoms with Crippen molar-refractivity contribution in [2.45, 2.75) is 101 Å². The van der Waals surface area contributed by atoms with Crippen molar-refractivity contribution >= 4 is 34.4 Å². The number of nitrogens with two attached hydrogens (primary N) is 1. The second kappa shape index (κ2) is 15.3. The third kappa shape index (κ3) is 8.34. The third-order valence-electron chi connectivity index (χ3n) is 9.74. The van der Waals surface area contributed by atoms with E-state index in [0.29, 0.717) is 17.7 Å². The van der Waals surface area contributed by atoms with Crippen LogP contribution in [0.2, 0.25) is 0 Å². The van der Waals surface area contributed by atoms with Crippen LogP contribution in [0.25, 0.3) is 10.8 Å². The number of aliphatic hydroxyl groups is 2. The van der Waals surface area contributed by atoms with Crippen molar-refractivity contribution < 1.29 is 29.4 Å². The summed E-state index contributed by atoms with van der Waals surface area (Å²) in [5.74, 6) is -2.23. The van der Waals surface area contributed by atoms with E-state index < -0.39 is 59.5 Å². The molecule has 2 aromatic carbocycles. The second-order valence-corrected chi connectivity index (χ2v) is 13.8. The molecule has 49 heavy (non-hydrogen) atoms. The molecular weight excluding hydrogens is 626 g/mol. The first-order valence-electron chi connectivity index (χ1n) is 17.0. The minimum atomic E-state index is -1.68. The van der Waals surface area contributed by atoms with Crippen molar-refractivity contribution in [3.63, 3.8) is 0 Å². The van der Waals surface area contributed by atoms with Gasteiger partial charge in [0.2, 0.25) is 17.7 Å². The van der Waals surface area contributed by atoms with E-state index in [-0.39, 0.29) is 25.3 Å². The molecule has 1 aromatic heterocycles. The fourth-order valence-corrected chi connectivity index (χ4v) is 7.11. The van der Waals surface area contributed by atoms with Gasteiger partial charge in [0.25, 0.3) is 5.91 Å². The Balaban J connectivity index is 1.47. The topological polar surface area (TPSA) is 193 Å². The number of nitrogens with one attached hydrogen (secondary N) is 2. The molecule has 0 bridgehead atoms. The Morgan fingerprint density at radius 3 is 2.47 bits per heavy atom. The largest absolute Gasteiger partial charge is 0.384 e. The standard InChI is InChI=1S/C36H47N7O6/c1-4-10-27(31(44)32(37)45)39-34(47)29-19-26(43-30(20-38-41-43)36(2,3)49)21-42(29)35(48)28(17-22-11-6-5-7-12-22)40-33(46)25-16-15-23-13-8-9-14-24(23)18-25/h4,8-9,13-16,18,20,22,26-29,31,44,49H,1,5-7,10-12,17,19,21H2,2-3H3,(H2,37,45)(H,39,47)(H,40,46)/t26-,27?,28+,29-,31?/m0/s1. The Morgan fingerprint density at radius 2 is 1.80 bits per heavy atom. The van der Waals surface area contributed by atoms with E-state index in [1.807, 2.05) is 30.3 Å². The lowest BCUT2D eigenvalue weighted by molar-refractivity contribution is -0.141. The minimum Gasteiger partial charge on any atom is -0.384 e. The summed E-state index contributed by atoms with van der Waals surface area (Å²) in [6.07, 6.45) is 6.85. The first kappa shape index (κ1) is 35.7. The van der Waals surface area contributed by atoms with Gasteiger partial charge in [-0.25, -0.2) is 4.68 Å². The van der Waals surface area contributed by atoms with Crippen LogP contribution in [0.15, 0.2) is 61.3 Å². The molecule has 0 spiro atoms. The number of carbonyl (C=O) groups is 4. The number of hydrogen-bond acceptors (Lipinski definition) is 8. The zero-order valence-electron chi connectivity index (χ0n) is 28.1. The molecule has 2 fully saturated rings. The Hall–Kier alpha value is -4.62. The number of nitrogens with zero attached hydrogens (tertiary/aromatic N) is 4. The van der Waals surface area contributed by atoms with Gasteiger partial charge >= 0.3 is 0 Å². The van der Waals surface area contributed by atoms with E-state index in [0.717, 1.165) is 42.9 Å². The summed E-state index contributed by atoms with van der Waals surface area (Å²) in [4.78, 5) is 55.6. The van der Waals surface area contributed by atoms with E-state index in [9.17, 15) is 29.4 Å². The van der Waals surface area contributed by atoms with E-state index in [4.69, 9.17) is 5.73 Å². The third-order valence-corrected chi connectivity index (χ3v) is 9.74. The van der Waals surface area contributed by atoms with Crippen LogP contribution in [0.1, 0.15) is 87.3 Å². The molecular formula is C36H47N7O6. The molecule has 1 saturated carbocycles. The minimum absolute atomic E-state index is 0.0425. The number of hydrogen-bond donors (Lipinski definition) is 5. The molecule has 2 aliphatic rings. The molecule has 4 amide bonds. The molecule has 3 aromatic rings. The zero-order valence-corrected chi connectivity index (χ0v) is 28.1. The number of amides is 4. The van der Waals surface area contributed by atoms with Gasteiger partial charge in [-0.2, -0.15) is 0 Å². The molecule has 1 saturated heterocycles. The highest BCUT2D eigenvalue weighted by Gasteiger charge is 2.45. The fourth-order valence-electron chi connectivity index (χ4n) is 7.11. The van der Waals surface area contributed by atoms with Crippen molar-refractivity contribution in [2.75, 3.05) is 6.54 Å². The first-order chi connectivity index (χ1) is 23.4. The summed E-state index contributed by atoms with van der Waals surface area (Å²) in [5, 5.41) is 37.0. The molecule has 1 aliphatic carbocycles. The lowest BCUT2D eigenvalue weighted by Crippen LogP contribution is -2.57. The normalized spacial score (nSPS) is 20.4. The maximum Gasteiger partial charge on any atom is 0.251 e. The van der Waals surface area contributed by atoms with E-state index in [2.05, 4.69) is 27.5 Å². The van der Waals surface area contributed by atoms with Crippen molar-refractivity contribution in [2.24, 2.45) is 11.7 Å². The van der Waals surface area contributed by atoms with Gasteiger partial charge in [0, 0.05) is 18.5 Å². The molecule has 1 aliphatic heterocycles. The van der Waals surface area contributed by atoms with Crippen LogP contribution in [0.4, 0.5) is 0 Å². The van der Waals surface area contributed by atoms with Gasteiger partial charge in [-0.1, -0.05) is 73.7 Å². The Morgan fingerprint density at radius 1 is 1.08 bits per heavy atom. The number of primary amides is 1. The predicted molar refractivity (Wildman–Crippen MR) is 183 cm³/mol. The molecule has 2 unspecified atom stereocenters. The lowest BCUT2D eigenvalue weighted by atomic mass is 9.84. The summed E-state index contributed by atoms with van der Waals surface area (Å²) >= 11 is 0. The van der Waals surface area contributed by atoms with Gasteiger partial charge in [0.1, 0.15) is 17.7 Å². The zero-order chi connectivity index (χ0) is 35.3. The smallest absolute Gasteiger partial charge is 0.251 e. The number of rotatable bonds is 13. The molecule has 5 atom stereocenters. The Labute approximate surface area is 285 Å². The highest BCUT2D eigenvalue weighted by atomic mass is 16.3. The van der Waals surface area contributed by atoms with Crippen molar-refractivity contribution in [1.29, 1.82) is 0 Å². The van der Waals surface area contributed by atoms with E-state index in [1.54, 1.807) is 26.0 Å². The number of aromatic nitrogens is 3. The number of likely N-dealkylation sites (tertiary alicyclic amines) is 1. The fraction of sp³-hybridized carbons (Fsp3) is 0.500. The number of carbonyl (C=O) groups excluding carboxylic acids is 4. The van der Waals surface area contributed by atoms with Crippen molar-refractivity contribution in [3.05, 3.63) is 72.6 Å². The van der Waals surface area contributed by atoms with Gasteiger partial charge in [-0.3, -0.25) is 19.2 Å². The molecule has 0 radical (unpaired) electrons. The predicted octanol–water partition coefficient (Wildman–Crippen LogP) is 2.48. The lowest BCUT2D eigenvalue weighted by Gasteiger charge is -2.32. The van der Waals surface area contributed by atoms with Crippen LogP contribution in [0, 0.1) is 5.92 Å². The summed E-state index contributed by atoms with van der Waals surface area (Å²) in [7, 11) is 0. The van der Waals surface area contributed by atoms with Crippen LogP contribution in [0.5, 0.6) is 0 Å². The van der Waals surface area contributed by atoms with Crippen LogP contribution in [0.3, 0.4) is 0 Å². The van der Waals surface area contributed by atoms with Gasteiger partial charge in [0.15, 0.2) is 6.10 Å². The van der Waals surface area contributed by atoms with Crippen LogP contribution < -0.4 is 16.4 Å². The van der Waals surface area contributed by atoms with Crippen molar-refractivity contribution in [1.82, 2.24) is 30.5 Å². The van der Waals surface area contributed by atoms with Crippen LogP contribution >= 0.6 is 0 Å². The van der Waals surface area contributed by atoms with Gasteiger partial charge in [0.05, 0.1) is 24.0 Å². The monoisotopic (exact) mass is 673 g/mol. The molecule has 262 valence electrons. The summed E-state index contributed by atoms with van der Waals surface area (Å²) in [6, 6.07) is 9.49. The van der Waals surface area contributed by atoms with E-state index >= 15 is 0 Å². The first-order valence-corrected chi connectivity index (χ1v) is 17.0. The molecule has 2 heterocycles. The number of aliphatic hydroxyl groups excluding tert-OH is 1. The molecule has 13 heteroatoms. The summed E-state index contributed by atoms with van der Waals surface area (Å²) in [5.41, 5.74) is 4.86. The highest BCUT2D eigenvalue weighted by Crippen LogP contribution is 2.33. The quantitative estimate of drug-likeness (QED) is 0.171. The highest BCUT2D eigenvalue weighted by molar-refractivity contribution is 6.01. The summed E-state index contributed by atoms with van der Waals surface area (Å²) < 4.78 is 1.52. The Bertz CT molecular complexity index is 1680. The maximum absolute atomic E-state index is 14.7. The van der Waals surface area contributed by atoms with Gasteiger partial charge in [-0.15, -0.1) is 11.7 Å². The SMILES string of the molecule is C=CCC(NC(=O)[C@@H]1C[C@H](n2nncc2C(C)(C)O)CN1C(=O)[C@@H](CC1CCCCC1)NC(=O)c1ccc2ccccc2c1)C(O)C(N)=O. The van der Waals surface area contributed by atoms with Gasteiger partial charge in [-0.05, 0) is 55.5 Å². The van der Waals surface area contributed by atoms with Gasteiger partial charge < -0.3 is 31.5 Å². The van der Waals surface area contributed by atoms with Crippen LogP contribution in [-0.2, 0) is 20.0 Å². The van der Waals surface area contributed by atoms with Crippen molar-refractivity contribution in [3.8, 4) is 0 Å². The van der Waals surface area contributed by atoms with Crippen LogP contribution in [-0.4, -0.2) is 84.5 Å². The molecule has 6 N–H and O–H groups in total. The number of fused-ring (bicyclic) bond motifs is 1. The van der Waals surface area contributed by atoms with E-state index in [1.165, 1.54) is 21.9 Å². The average Bonchev–Trinajstić information content (AvgIpc) is 3.76. The molecule has 5 rings (SSSR count). The summed E-state index contributed by atoms with van der Waals surface area (Å²) in [6.45, 7) is 6.89. The maximum atomic E-state index is 14.7. The molecule has 13 nitrogen and oxygen atoms in total. The average molecular weight is 674 g/mol. The second-order valence-electron chi connectivity index (χ2n) is 13.8. The number of benzene rings is 2. The Kier molecular flexibility index (Phi) is 11.1.